The molecule has 0 saturated heterocycles. The van der Waals surface area contributed by atoms with Crippen molar-refractivity contribution in [3.8, 4) is 11.5 Å². The molecular formula is C9H5NO4. The lowest BCUT2D eigenvalue weighted by Gasteiger charge is -1.96. The van der Waals surface area contributed by atoms with Gasteiger partial charge in [0.1, 0.15) is 0 Å². The number of carbonyl (C=O) groups excluding carboxylic acids is 2. The zero-order valence-corrected chi connectivity index (χ0v) is 7.02. The van der Waals surface area contributed by atoms with Crippen LogP contribution in [0.4, 0.5) is 0 Å². The predicted molar refractivity (Wildman–Crippen MR) is 45.0 cm³/mol. The summed E-state index contributed by atoms with van der Waals surface area (Å²) in [6, 6.07) is 4.58. The van der Waals surface area contributed by atoms with Crippen molar-refractivity contribution in [2.24, 2.45) is 4.99 Å². The van der Waals surface area contributed by atoms with Crippen LogP contribution >= 0.6 is 0 Å². The normalized spacial score (nSPS) is 12.0. The number of hydrogen-bond donors (Lipinski definition) is 0. The summed E-state index contributed by atoms with van der Waals surface area (Å²) in [5, 5.41) is 0. The van der Waals surface area contributed by atoms with Crippen molar-refractivity contribution in [2.45, 2.75) is 0 Å². The third kappa shape index (κ3) is 1.36. The van der Waals surface area contributed by atoms with Crippen LogP contribution in [0, 0.1) is 0 Å². The number of ether oxygens (including phenoxy) is 2. The number of hydrogen-bond acceptors (Lipinski definition) is 4. The molecule has 70 valence electrons. The molecule has 0 saturated carbocycles. The van der Waals surface area contributed by atoms with E-state index in [1.165, 1.54) is 18.2 Å². The van der Waals surface area contributed by atoms with Crippen molar-refractivity contribution < 1.29 is 19.1 Å². The summed E-state index contributed by atoms with van der Waals surface area (Å²) in [6.45, 7) is 0.143. The second kappa shape index (κ2) is 3.32. The Bertz CT molecular complexity index is 434. The molecule has 0 aliphatic carbocycles. The van der Waals surface area contributed by atoms with Crippen molar-refractivity contribution in [3.63, 3.8) is 0 Å². The Kier molecular flexibility index (Phi) is 2.01. The molecule has 0 bridgehead atoms. The largest absolute Gasteiger partial charge is 0.454 e. The van der Waals surface area contributed by atoms with Gasteiger partial charge in [0.15, 0.2) is 11.5 Å². The minimum atomic E-state index is -0.640. The Morgan fingerprint density at radius 3 is 2.93 bits per heavy atom. The van der Waals surface area contributed by atoms with Gasteiger partial charge in [0, 0.05) is 5.56 Å². The number of nitrogens with zero attached hydrogens (tertiary/aromatic N) is 1. The topological polar surface area (TPSA) is 65.0 Å². The van der Waals surface area contributed by atoms with E-state index in [-0.39, 0.29) is 12.4 Å². The average Bonchev–Trinajstić information content (AvgIpc) is 2.64. The van der Waals surface area contributed by atoms with Gasteiger partial charge in [-0.25, -0.2) is 4.79 Å². The van der Waals surface area contributed by atoms with E-state index in [4.69, 9.17) is 9.47 Å². The first kappa shape index (κ1) is 8.47. The standard InChI is InChI=1S/C9H5NO4/c11-4-10-9(12)6-1-2-7-8(3-6)14-5-13-7/h1-3H,5H2. The fraction of sp³-hybridized carbons (Fsp3) is 0.111. The number of carbonyl (C=O) groups is 1. The Hall–Kier alpha value is -2.13. The van der Waals surface area contributed by atoms with Gasteiger partial charge in [-0.1, -0.05) is 0 Å². The molecule has 1 heterocycles. The maximum atomic E-state index is 11.1. The summed E-state index contributed by atoms with van der Waals surface area (Å²) in [5.41, 5.74) is 0.276. The van der Waals surface area contributed by atoms with Gasteiger partial charge >= 0.3 is 0 Å². The lowest BCUT2D eigenvalue weighted by atomic mass is 10.2. The summed E-state index contributed by atoms with van der Waals surface area (Å²) < 4.78 is 10.1. The van der Waals surface area contributed by atoms with Crippen LogP contribution in [-0.2, 0) is 4.79 Å². The van der Waals surface area contributed by atoms with E-state index >= 15 is 0 Å². The number of benzene rings is 1. The Balaban J connectivity index is 2.37. The van der Waals surface area contributed by atoms with Gasteiger partial charge in [0.05, 0.1) is 0 Å². The second-order valence-electron chi connectivity index (χ2n) is 2.58. The van der Waals surface area contributed by atoms with Crippen molar-refractivity contribution in [3.05, 3.63) is 23.8 Å². The first-order valence-corrected chi connectivity index (χ1v) is 3.83. The van der Waals surface area contributed by atoms with Crippen LogP contribution in [0.15, 0.2) is 23.2 Å². The fourth-order valence-corrected chi connectivity index (χ4v) is 1.14. The Labute approximate surface area is 79.0 Å². The molecule has 1 amide bonds. The maximum Gasteiger partial charge on any atom is 0.287 e. The van der Waals surface area contributed by atoms with Crippen LogP contribution in [0.5, 0.6) is 11.5 Å². The van der Waals surface area contributed by atoms with E-state index in [1.807, 2.05) is 0 Å². The molecular weight excluding hydrogens is 186 g/mol. The van der Waals surface area contributed by atoms with Gasteiger partial charge in [-0.15, -0.1) is 4.99 Å². The molecule has 0 fully saturated rings. The highest BCUT2D eigenvalue weighted by molar-refractivity contribution is 5.98. The quantitative estimate of drug-likeness (QED) is 0.488. The molecule has 1 aromatic rings. The monoisotopic (exact) mass is 191 g/mol. The van der Waals surface area contributed by atoms with Gasteiger partial charge in [-0.2, -0.15) is 0 Å². The molecule has 0 N–H and O–H groups in total. The molecule has 1 aromatic carbocycles. The minimum absolute atomic E-state index is 0.143. The molecule has 5 heteroatoms. The molecule has 5 nitrogen and oxygen atoms in total. The third-order valence-corrected chi connectivity index (χ3v) is 1.77. The van der Waals surface area contributed by atoms with Crippen molar-refractivity contribution in [2.75, 3.05) is 6.79 Å². The van der Waals surface area contributed by atoms with Crippen molar-refractivity contribution in [1.29, 1.82) is 0 Å². The first-order chi connectivity index (χ1) is 6.81. The SMILES string of the molecule is O=C=NC(=O)c1ccc2c(c1)OCO2. The van der Waals surface area contributed by atoms with Crippen molar-refractivity contribution in [1.82, 2.24) is 0 Å². The highest BCUT2D eigenvalue weighted by atomic mass is 16.7. The molecule has 0 aromatic heterocycles. The maximum absolute atomic E-state index is 11.1. The molecule has 0 atom stereocenters. The lowest BCUT2D eigenvalue weighted by Crippen LogP contribution is -1.94. The van der Waals surface area contributed by atoms with E-state index in [1.54, 1.807) is 6.07 Å². The number of fused-ring (bicyclic) bond motifs is 1. The van der Waals surface area contributed by atoms with Gasteiger partial charge in [0.25, 0.3) is 5.91 Å². The van der Waals surface area contributed by atoms with Crippen LogP contribution in [0.2, 0.25) is 0 Å². The summed E-state index contributed by atoms with van der Waals surface area (Å²) in [5.74, 6) is 0.423. The number of amides is 1. The van der Waals surface area contributed by atoms with E-state index < -0.39 is 5.91 Å². The van der Waals surface area contributed by atoms with E-state index in [9.17, 15) is 9.59 Å². The van der Waals surface area contributed by atoms with Gasteiger partial charge in [0.2, 0.25) is 12.9 Å². The third-order valence-electron chi connectivity index (χ3n) is 1.77. The van der Waals surface area contributed by atoms with Crippen LogP contribution in [0.25, 0.3) is 0 Å². The summed E-state index contributed by atoms with van der Waals surface area (Å²) in [4.78, 5) is 24.0. The number of rotatable bonds is 1. The first-order valence-electron chi connectivity index (χ1n) is 3.83. The van der Waals surface area contributed by atoms with Gasteiger partial charge < -0.3 is 9.47 Å². The highest BCUT2D eigenvalue weighted by Crippen LogP contribution is 2.32. The van der Waals surface area contributed by atoms with E-state index in [0.29, 0.717) is 11.5 Å². The van der Waals surface area contributed by atoms with E-state index in [0.717, 1.165) is 0 Å². The zero-order chi connectivity index (χ0) is 9.97. The Morgan fingerprint density at radius 1 is 1.36 bits per heavy atom. The molecule has 0 spiro atoms. The molecule has 1 aliphatic heterocycles. The van der Waals surface area contributed by atoms with Crippen LogP contribution < -0.4 is 9.47 Å². The van der Waals surface area contributed by atoms with Crippen LogP contribution in [-0.4, -0.2) is 18.8 Å². The van der Waals surface area contributed by atoms with Crippen LogP contribution in [0.1, 0.15) is 10.4 Å². The number of aliphatic imine (C=N–C) groups is 1. The number of isocyanates is 1. The second-order valence-corrected chi connectivity index (χ2v) is 2.58. The molecule has 14 heavy (non-hydrogen) atoms. The average molecular weight is 191 g/mol. The predicted octanol–water partition coefficient (Wildman–Crippen LogP) is 0.891. The highest BCUT2D eigenvalue weighted by Gasteiger charge is 2.15. The van der Waals surface area contributed by atoms with Gasteiger partial charge in [-0.3, -0.25) is 4.79 Å². The summed E-state index contributed by atoms with van der Waals surface area (Å²) >= 11 is 0. The summed E-state index contributed by atoms with van der Waals surface area (Å²) in [7, 11) is 0. The lowest BCUT2D eigenvalue weighted by molar-refractivity contribution is 0.100. The smallest absolute Gasteiger partial charge is 0.287 e. The van der Waals surface area contributed by atoms with Gasteiger partial charge in [-0.05, 0) is 18.2 Å². The van der Waals surface area contributed by atoms with Crippen LogP contribution in [0.3, 0.4) is 0 Å². The zero-order valence-electron chi connectivity index (χ0n) is 7.02. The molecule has 0 radical (unpaired) electrons. The van der Waals surface area contributed by atoms with E-state index in [2.05, 4.69) is 4.99 Å². The Morgan fingerprint density at radius 2 is 2.14 bits per heavy atom. The molecule has 1 aliphatic rings. The minimum Gasteiger partial charge on any atom is -0.454 e. The van der Waals surface area contributed by atoms with Crippen molar-refractivity contribution >= 4 is 12.0 Å². The molecule has 2 rings (SSSR count). The molecule has 0 unspecified atom stereocenters. The fourth-order valence-electron chi connectivity index (χ4n) is 1.14. The summed E-state index contributed by atoms with van der Waals surface area (Å²) in [6.07, 6.45) is 1.19.